The first-order chi connectivity index (χ1) is 15.3. The molecule has 31 heavy (non-hydrogen) atoms. The SMILES string of the molecule is Fc1ccccc1-c1n[nH]c2cnc(-c3cnccc3OCCC3CCCCC3)cc12. The van der Waals surface area contributed by atoms with Gasteiger partial charge in [0.2, 0.25) is 0 Å². The Morgan fingerprint density at radius 2 is 1.90 bits per heavy atom. The average molecular weight is 417 g/mol. The number of hydrogen-bond acceptors (Lipinski definition) is 4. The maximum absolute atomic E-state index is 14.4. The summed E-state index contributed by atoms with van der Waals surface area (Å²) in [6.07, 6.45) is 13.0. The summed E-state index contributed by atoms with van der Waals surface area (Å²) in [5, 5.41) is 8.10. The van der Waals surface area contributed by atoms with Gasteiger partial charge in [-0.15, -0.1) is 0 Å². The van der Waals surface area contributed by atoms with Gasteiger partial charge in [0.25, 0.3) is 0 Å². The van der Waals surface area contributed by atoms with E-state index < -0.39 is 0 Å². The molecule has 0 aliphatic heterocycles. The fourth-order valence-corrected chi connectivity index (χ4v) is 4.43. The highest BCUT2D eigenvalue weighted by Crippen LogP contribution is 2.34. The number of nitrogens with one attached hydrogen (secondary N) is 1. The van der Waals surface area contributed by atoms with Crippen molar-refractivity contribution >= 4 is 10.9 Å². The van der Waals surface area contributed by atoms with Crippen molar-refractivity contribution in [3.05, 3.63) is 60.8 Å². The third kappa shape index (κ3) is 4.15. The van der Waals surface area contributed by atoms with Crippen molar-refractivity contribution in [1.29, 1.82) is 0 Å². The molecule has 1 aliphatic carbocycles. The standard InChI is InChI=1S/C25H25FN4O/c26-21-9-5-4-8-18(21)25-19-14-22(28-16-23(19)29-30-25)20-15-27-12-10-24(20)31-13-11-17-6-2-1-3-7-17/h4-5,8-10,12,14-17H,1-3,6-7,11,13H2,(H,29,30). The molecule has 1 N–H and O–H groups in total. The van der Waals surface area contributed by atoms with Gasteiger partial charge in [0.05, 0.1) is 29.6 Å². The number of aromatic nitrogens is 4. The van der Waals surface area contributed by atoms with Crippen LogP contribution in [0.25, 0.3) is 33.4 Å². The van der Waals surface area contributed by atoms with Gasteiger partial charge in [0.1, 0.15) is 17.3 Å². The van der Waals surface area contributed by atoms with Gasteiger partial charge in [0, 0.05) is 23.3 Å². The molecule has 0 atom stereocenters. The highest BCUT2D eigenvalue weighted by molar-refractivity contribution is 5.94. The molecule has 3 aromatic heterocycles. The first kappa shape index (κ1) is 19.7. The summed E-state index contributed by atoms with van der Waals surface area (Å²) in [5.41, 5.74) is 3.34. The fraction of sp³-hybridized carbons (Fsp3) is 0.320. The normalized spacial score (nSPS) is 14.7. The van der Waals surface area contributed by atoms with Gasteiger partial charge < -0.3 is 4.74 Å². The van der Waals surface area contributed by atoms with E-state index in [1.165, 1.54) is 38.2 Å². The van der Waals surface area contributed by atoms with E-state index >= 15 is 0 Å². The third-order valence-electron chi connectivity index (χ3n) is 6.14. The molecule has 4 aromatic rings. The molecule has 0 saturated heterocycles. The van der Waals surface area contributed by atoms with Crippen molar-refractivity contribution in [3.63, 3.8) is 0 Å². The van der Waals surface area contributed by atoms with Gasteiger partial charge in [-0.1, -0.05) is 44.2 Å². The Labute approximate surface area is 180 Å². The molecule has 5 rings (SSSR count). The largest absolute Gasteiger partial charge is 0.493 e. The number of pyridine rings is 2. The molecular weight excluding hydrogens is 391 g/mol. The molecule has 158 valence electrons. The van der Waals surface area contributed by atoms with Crippen LogP contribution in [0.15, 0.2) is 55.0 Å². The smallest absolute Gasteiger partial charge is 0.132 e. The lowest BCUT2D eigenvalue weighted by Gasteiger charge is -2.21. The summed E-state index contributed by atoms with van der Waals surface area (Å²) in [5.74, 6) is 1.23. The van der Waals surface area contributed by atoms with Crippen molar-refractivity contribution < 1.29 is 9.13 Å². The van der Waals surface area contributed by atoms with Crippen LogP contribution in [0.5, 0.6) is 5.75 Å². The summed E-state index contributed by atoms with van der Waals surface area (Å²) in [7, 11) is 0. The maximum Gasteiger partial charge on any atom is 0.132 e. The zero-order valence-electron chi connectivity index (χ0n) is 17.4. The lowest BCUT2D eigenvalue weighted by atomic mass is 9.87. The monoisotopic (exact) mass is 416 g/mol. The quantitative estimate of drug-likeness (QED) is 0.408. The van der Waals surface area contributed by atoms with Gasteiger partial charge in [-0.05, 0) is 36.6 Å². The highest BCUT2D eigenvalue weighted by Gasteiger charge is 2.17. The molecule has 0 unspecified atom stereocenters. The minimum atomic E-state index is -0.303. The van der Waals surface area contributed by atoms with E-state index in [0.717, 1.165) is 40.2 Å². The molecule has 0 spiro atoms. The molecule has 5 nitrogen and oxygen atoms in total. The zero-order chi connectivity index (χ0) is 21.0. The minimum Gasteiger partial charge on any atom is -0.493 e. The number of H-pyrrole nitrogens is 1. The molecule has 1 aromatic carbocycles. The Kier molecular flexibility index (Phi) is 5.61. The van der Waals surface area contributed by atoms with Gasteiger partial charge in [-0.25, -0.2) is 4.39 Å². The fourth-order valence-electron chi connectivity index (χ4n) is 4.43. The van der Waals surface area contributed by atoms with Crippen molar-refractivity contribution in [2.24, 2.45) is 5.92 Å². The van der Waals surface area contributed by atoms with E-state index in [2.05, 4.69) is 20.2 Å². The van der Waals surface area contributed by atoms with Gasteiger partial charge in [0.15, 0.2) is 0 Å². The van der Waals surface area contributed by atoms with Gasteiger partial charge in [-0.2, -0.15) is 5.10 Å². The number of fused-ring (bicyclic) bond motifs is 1. The molecule has 0 radical (unpaired) electrons. The summed E-state index contributed by atoms with van der Waals surface area (Å²) in [4.78, 5) is 8.86. The lowest BCUT2D eigenvalue weighted by molar-refractivity contribution is 0.247. The summed E-state index contributed by atoms with van der Waals surface area (Å²) in [6, 6.07) is 10.5. The molecule has 6 heteroatoms. The molecule has 0 amide bonds. The van der Waals surface area contributed by atoms with E-state index in [9.17, 15) is 4.39 Å². The highest BCUT2D eigenvalue weighted by atomic mass is 19.1. The van der Waals surface area contributed by atoms with E-state index in [-0.39, 0.29) is 5.82 Å². The van der Waals surface area contributed by atoms with Crippen LogP contribution in [0, 0.1) is 11.7 Å². The van der Waals surface area contributed by atoms with Crippen LogP contribution in [0.2, 0.25) is 0 Å². The molecule has 3 heterocycles. The van der Waals surface area contributed by atoms with Gasteiger partial charge in [-0.3, -0.25) is 15.1 Å². The van der Waals surface area contributed by atoms with Crippen molar-refractivity contribution in [1.82, 2.24) is 20.2 Å². The van der Waals surface area contributed by atoms with Crippen LogP contribution in [0.4, 0.5) is 4.39 Å². The van der Waals surface area contributed by atoms with E-state index in [1.807, 2.05) is 12.1 Å². The van der Waals surface area contributed by atoms with Crippen LogP contribution in [-0.2, 0) is 0 Å². The molecule has 1 saturated carbocycles. The summed E-state index contributed by atoms with van der Waals surface area (Å²) < 4.78 is 20.5. The number of halogens is 1. The van der Waals surface area contributed by atoms with Gasteiger partial charge >= 0.3 is 0 Å². The number of hydrogen-bond donors (Lipinski definition) is 1. The Morgan fingerprint density at radius 3 is 2.77 bits per heavy atom. The first-order valence-electron chi connectivity index (χ1n) is 11.0. The van der Waals surface area contributed by atoms with Crippen molar-refractivity contribution in [2.75, 3.05) is 6.61 Å². The van der Waals surface area contributed by atoms with Crippen LogP contribution < -0.4 is 4.74 Å². The van der Waals surface area contributed by atoms with Crippen LogP contribution in [0.3, 0.4) is 0 Å². The van der Waals surface area contributed by atoms with E-state index in [4.69, 9.17) is 4.74 Å². The molecular formula is C25H25FN4O. The van der Waals surface area contributed by atoms with Crippen LogP contribution in [-0.4, -0.2) is 26.8 Å². The number of ether oxygens (including phenoxy) is 1. The number of rotatable bonds is 6. The molecule has 1 aliphatic rings. The number of nitrogens with zero attached hydrogens (tertiary/aromatic N) is 3. The summed E-state index contributed by atoms with van der Waals surface area (Å²) >= 11 is 0. The van der Waals surface area contributed by atoms with Crippen LogP contribution in [0.1, 0.15) is 38.5 Å². The Morgan fingerprint density at radius 1 is 1.03 bits per heavy atom. The predicted octanol–water partition coefficient (Wildman–Crippen LogP) is 6.18. The Hall–Kier alpha value is -3.28. The Balaban J connectivity index is 1.43. The number of aromatic amines is 1. The van der Waals surface area contributed by atoms with Crippen LogP contribution >= 0.6 is 0 Å². The lowest BCUT2D eigenvalue weighted by Crippen LogP contribution is -2.11. The summed E-state index contributed by atoms with van der Waals surface area (Å²) in [6.45, 7) is 0.691. The maximum atomic E-state index is 14.4. The second-order valence-corrected chi connectivity index (χ2v) is 8.18. The topological polar surface area (TPSA) is 63.7 Å². The van der Waals surface area contributed by atoms with Crippen molar-refractivity contribution in [3.8, 4) is 28.3 Å². The zero-order valence-corrected chi connectivity index (χ0v) is 17.4. The second-order valence-electron chi connectivity index (χ2n) is 8.18. The average Bonchev–Trinajstić information content (AvgIpc) is 3.23. The molecule has 1 fully saturated rings. The predicted molar refractivity (Wildman–Crippen MR) is 119 cm³/mol. The molecule has 0 bridgehead atoms. The second kappa shape index (κ2) is 8.84. The van der Waals surface area contributed by atoms with Crippen molar-refractivity contribution in [2.45, 2.75) is 38.5 Å². The minimum absolute atomic E-state index is 0.303. The van der Waals surface area contributed by atoms with E-state index in [0.29, 0.717) is 17.9 Å². The first-order valence-corrected chi connectivity index (χ1v) is 11.0. The Bertz CT molecular complexity index is 1180. The third-order valence-corrected chi connectivity index (χ3v) is 6.14. The van der Waals surface area contributed by atoms with E-state index in [1.54, 1.807) is 36.8 Å². The number of benzene rings is 1.